The zero-order valence-corrected chi connectivity index (χ0v) is 11.6. The van der Waals surface area contributed by atoms with E-state index in [1.165, 1.54) is 0 Å². The van der Waals surface area contributed by atoms with Crippen LogP contribution in [0.3, 0.4) is 0 Å². The van der Waals surface area contributed by atoms with Crippen LogP contribution < -0.4 is 5.32 Å². The maximum absolute atomic E-state index is 13.5. The molecule has 2 aromatic rings. The van der Waals surface area contributed by atoms with Crippen LogP contribution in [0.1, 0.15) is 15.9 Å². The number of halogens is 4. The van der Waals surface area contributed by atoms with Crippen LogP contribution in [0.2, 0.25) is 0 Å². The molecule has 1 amide bonds. The lowest BCUT2D eigenvalue weighted by molar-refractivity contribution is 0.101. The summed E-state index contributed by atoms with van der Waals surface area (Å²) >= 11 is 5.60. The summed E-state index contributed by atoms with van der Waals surface area (Å²) in [7, 11) is 0. The molecule has 2 nitrogen and oxygen atoms in total. The quantitative estimate of drug-likeness (QED) is 0.845. The first-order valence-electron chi connectivity index (χ1n) is 6.12. The van der Waals surface area contributed by atoms with Crippen molar-refractivity contribution >= 4 is 23.2 Å². The number of nitrogens with one attached hydrogen (secondary N) is 1. The van der Waals surface area contributed by atoms with Gasteiger partial charge in [-0.05, 0) is 24.1 Å². The number of carbonyl (C=O) groups is 1. The lowest BCUT2D eigenvalue weighted by Gasteiger charge is -2.08. The highest BCUT2D eigenvalue weighted by Crippen LogP contribution is 2.17. The number of benzene rings is 2. The Labute approximate surface area is 124 Å². The summed E-state index contributed by atoms with van der Waals surface area (Å²) in [6, 6.07) is 7.60. The number of amides is 1. The highest BCUT2D eigenvalue weighted by Gasteiger charge is 2.19. The van der Waals surface area contributed by atoms with Crippen LogP contribution in [-0.4, -0.2) is 11.8 Å². The van der Waals surface area contributed by atoms with Gasteiger partial charge < -0.3 is 5.32 Å². The lowest BCUT2D eigenvalue weighted by atomic mass is 10.1. The largest absolute Gasteiger partial charge is 0.322 e. The van der Waals surface area contributed by atoms with Gasteiger partial charge in [-0.25, -0.2) is 13.2 Å². The Bertz CT molecular complexity index is 635. The summed E-state index contributed by atoms with van der Waals surface area (Å²) in [5.41, 5.74) is 0.532. The normalized spacial score (nSPS) is 10.5. The van der Waals surface area contributed by atoms with Crippen LogP contribution in [0.5, 0.6) is 0 Å². The number of carbonyl (C=O) groups excluding carboxylic acids is 1. The minimum absolute atomic E-state index is 0.376. The first-order chi connectivity index (χ1) is 10.0. The molecule has 2 rings (SSSR count). The molecule has 0 heterocycles. The Morgan fingerprint density at radius 3 is 2.14 bits per heavy atom. The topological polar surface area (TPSA) is 29.1 Å². The molecule has 0 fully saturated rings. The van der Waals surface area contributed by atoms with E-state index < -0.39 is 28.9 Å². The van der Waals surface area contributed by atoms with Gasteiger partial charge in [0.05, 0.1) is 0 Å². The highest BCUT2D eigenvalue weighted by molar-refractivity contribution is 6.18. The maximum atomic E-state index is 13.5. The van der Waals surface area contributed by atoms with Crippen molar-refractivity contribution in [2.24, 2.45) is 0 Å². The van der Waals surface area contributed by atoms with Gasteiger partial charge in [-0.3, -0.25) is 4.79 Å². The zero-order chi connectivity index (χ0) is 15.4. The van der Waals surface area contributed by atoms with Crippen LogP contribution in [0.4, 0.5) is 18.9 Å². The van der Waals surface area contributed by atoms with Crippen molar-refractivity contribution in [3.8, 4) is 0 Å². The van der Waals surface area contributed by atoms with Gasteiger partial charge in [0.25, 0.3) is 5.91 Å². The Kier molecular flexibility index (Phi) is 4.85. The van der Waals surface area contributed by atoms with Crippen molar-refractivity contribution in [2.75, 3.05) is 11.2 Å². The number of rotatable bonds is 4. The number of alkyl halides is 1. The van der Waals surface area contributed by atoms with Gasteiger partial charge in [-0.15, -0.1) is 11.6 Å². The first kappa shape index (κ1) is 15.4. The molecule has 0 bridgehead atoms. The third-order valence-corrected chi connectivity index (χ3v) is 3.02. The number of anilines is 1. The van der Waals surface area contributed by atoms with E-state index in [0.717, 1.165) is 5.56 Å². The van der Waals surface area contributed by atoms with Gasteiger partial charge in [0.1, 0.15) is 23.0 Å². The van der Waals surface area contributed by atoms with Crippen molar-refractivity contribution in [3.05, 3.63) is 65.0 Å². The summed E-state index contributed by atoms with van der Waals surface area (Å²) < 4.78 is 39.7. The van der Waals surface area contributed by atoms with E-state index in [0.29, 0.717) is 30.1 Å². The van der Waals surface area contributed by atoms with Crippen molar-refractivity contribution in [2.45, 2.75) is 6.42 Å². The van der Waals surface area contributed by atoms with Crippen LogP contribution in [-0.2, 0) is 6.42 Å². The Hall–Kier alpha value is -2.01. The van der Waals surface area contributed by atoms with E-state index in [4.69, 9.17) is 11.6 Å². The maximum Gasteiger partial charge on any atom is 0.261 e. The minimum atomic E-state index is -1.25. The van der Waals surface area contributed by atoms with Gasteiger partial charge in [0, 0.05) is 23.7 Å². The molecule has 2 aromatic carbocycles. The van der Waals surface area contributed by atoms with Gasteiger partial charge in [0.15, 0.2) is 0 Å². The molecule has 21 heavy (non-hydrogen) atoms. The number of aryl methyl sites for hydroxylation is 1. The summed E-state index contributed by atoms with van der Waals surface area (Å²) in [6.07, 6.45) is 0.678. The van der Waals surface area contributed by atoms with Gasteiger partial charge >= 0.3 is 0 Å². The highest BCUT2D eigenvalue weighted by atomic mass is 35.5. The molecule has 110 valence electrons. The minimum Gasteiger partial charge on any atom is -0.322 e. The standard InChI is InChI=1S/C15H11ClF3NO/c16-6-5-9-1-3-11(4-2-9)20-15(21)14-12(18)7-10(17)8-13(14)19/h1-4,7-8H,5-6H2,(H,20,21). The summed E-state index contributed by atoms with van der Waals surface area (Å²) in [4.78, 5) is 11.8. The molecule has 0 saturated heterocycles. The fourth-order valence-electron chi connectivity index (χ4n) is 1.82. The molecule has 0 unspecified atom stereocenters. The predicted octanol–water partition coefficient (Wildman–Crippen LogP) is 4.14. The van der Waals surface area contributed by atoms with E-state index >= 15 is 0 Å². The molecule has 0 atom stereocenters. The second-order valence-electron chi connectivity index (χ2n) is 4.33. The summed E-state index contributed by atoms with van der Waals surface area (Å²) in [5.74, 6) is -4.08. The van der Waals surface area contributed by atoms with Crippen molar-refractivity contribution in [3.63, 3.8) is 0 Å². The summed E-state index contributed by atoms with van der Waals surface area (Å²) in [5, 5.41) is 2.35. The van der Waals surface area contributed by atoms with E-state index in [9.17, 15) is 18.0 Å². The molecule has 0 radical (unpaired) electrons. The zero-order valence-electron chi connectivity index (χ0n) is 10.8. The monoisotopic (exact) mass is 313 g/mol. The Morgan fingerprint density at radius 2 is 1.62 bits per heavy atom. The summed E-state index contributed by atoms with van der Waals surface area (Å²) in [6.45, 7) is 0. The molecular formula is C15H11ClF3NO. The Morgan fingerprint density at radius 1 is 1.05 bits per heavy atom. The third-order valence-electron chi connectivity index (χ3n) is 2.83. The molecule has 1 N–H and O–H groups in total. The molecule has 0 spiro atoms. The first-order valence-corrected chi connectivity index (χ1v) is 6.65. The van der Waals surface area contributed by atoms with Crippen LogP contribution >= 0.6 is 11.6 Å². The van der Waals surface area contributed by atoms with Crippen molar-refractivity contribution in [1.29, 1.82) is 0 Å². The van der Waals surface area contributed by atoms with Gasteiger partial charge in [0.2, 0.25) is 0 Å². The molecule has 0 aliphatic heterocycles. The van der Waals surface area contributed by atoms with E-state index in [-0.39, 0.29) is 0 Å². The van der Waals surface area contributed by atoms with Crippen LogP contribution in [0.25, 0.3) is 0 Å². The van der Waals surface area contributed by atoms with Crippen molar-refractivity contribution in [1.82, 2.24) is 0 Å². The third kappa shape index (κ3) is 3.76. The Balaban J connectivity index is 2.18. The van der Waals surface area contributed by atoms with Crippen molar-refractivity contribution < 1.29 is 18.0 Å². The molecule has 0 saturated carbocycles. The second kappa shape index (κ2) is 6.63. The number of hydrogen-bond acceptors (Lipinski definition) is 1. The van der Waals surface area contributed by atoms with Crippen LogP contribution in [0, 0.1) is 17.5 Å². The smallest absolute Gasteiger partial charge is 0.261 e. The fraction of sp³-hybridized carbons (Fsp3) is 0.133. The average Bonchev–Trinajstić information content (AvgIpc) is 2.40. The van der Waals surface area contributed by atoms with E-state index in [2.05, 4.69) is 5.32 Å². The number of hydrogen-bond donors (Lipinski definition) is 1. The van der Waals surface area contributed by atoms with E-state index in [1.54, 1.807) is 24.3 Å². The molecular weight excluding hydrogens is 303 g/mol. The molecule has 0 aliphatic carbocycles. The van der Waals surface area contributed by atoms with Crippen LogP contribution in [0.15, 0.2) is 36.4 Å². The molecule has 0 aromatic heterocycles. The fourth-order valence-corrected chi connectivity index (χ4v) is 2.03. The second-order valence-corrected chi connectivity index (χ2v) is 4.71. The molecule has 6 heteroatoms. The SMILES string of the molecule is O=C(Nc1ccc(CCCl)cc1)c1c(F)cc(F)cc1F. The van der Waals surface area contributed by atoms with E-state index in [1.807, 2.05) is 0 Å². The molecule has 0 aliphatic rings. The van der Waals surface area contributed by atoms with Gasteiger partial charge in [-0.1, -0.05) is 12.1 Å². The lowest BCUT2D eigenvalue weighted by Crippen LogP contribution is -2.16. The van der Waals surface area contributed by atoms with Gasteiger partial charge in [-0.2, -0.15) is 0 Å². The predicted molar refractivity (Wildman–Crippen MR) is 75.1 cm³/mol. The average molecular weight is 314 g/mol.